The highest BCUT2D eigenvalue weighted by atomic mass is 35.5. The van der Waals surface area contributed by atoms with Gasteiger partial charge in [0.05, 0.1) is 24.3 Å². The number of benzene rings is 4. The van der Waals surface area contributed by atoms with Gasteiger partial charge in [-0.05, 0) is 76.8 Å². The van der Waals surface area contributed by atoms with Crippen LogP contribution in [0.4, 0.5) is 26.3 Å². The Balaban J connectivity index is 1.58. The standard InChI is InChI=1S/C36H30Cl2F6N6O4/c37-27-8-11-29(30(38)17-27)31-34(18-23-4-1-2-5-24(23)20-47-50-45,48-32(54-31)22-6-9-28(10-7-22)53-13-3-12-51)33(52)49-46-19-21-14-25(35(39,40)41)16-26(15-21)36(42,43)44/h1-2,4-11,14-17,31,46,51H,3,12-13,18-20H2,(H,49,52)/t31-,34-/m0/s1. The number of alkyl halides is 6. The topological polar surface area (TPSA) is 141 Å². The van der Waals surface area contributed by atoms with E-state index < -0.39 is 53.1 Å². The number of hydrazine groups is 1. The van der Waals surface area contributed by atoms with Crippen LogP contribution in [0.5, 0.6) is 5.75 Å². The smallest absolute Gasteiger partial charge is 0.416 e. The first-order chi connectivity index (χ1) is 25.6. The van der Waals surface area contributed by atoms with Gasteiger partial charge in [-0.15, -0.1) is 0 Å². The number of carbonyl (C=O) groups excluding carboxylic acids is 1. The molecule has 1 aliphatic rings. The van der Waals surface area contributed by atoms with Crippen molar-refractivity contribution < 1.29 is 45.7 Å². The summed E-state index contributed by atoms with van der Waals surface area (Å²) in [5.41, 5.74) is 10.2. The number of carbonyl (C=O) groups is 1. The van der Waals surface area contributed by atoms with Gasteiger partial charge in [-0.1, -0.05) is 58.6 Å². The van der Waals surface area contributed by atoms with Crippen LogP contribution in [-0.2, 0) is 41.4 Å². The summed E-state index contributed by atoms with van der Waals surface area (Å²) in [6.07, 6.45) is -11.2. The van der Waals surface area contributed by atoms with Crippen LogP contribution in [0.25, 0.3) is 10.4 Å². The lowest BCUT2D eigenvalue weighted by molar-refractivity contribution is -0.143. The van der Waals surface area contributed by atoms with E-state index in [4.69, 9.17) is 48.3 Å². The Kier molecular flexibility index (Phi) is 12.7. The minimum absolute atomic E-state index is 0.00519. The van der Waals surface area contributed by atoms with Gasteiger partial charge in [-0.2, -0.15) is 26.3 Å². The second kappa shape index (κ2) is 17.0. The van der Waals surface area contributed by atoms with Crippen molar-refractivity contribution in [1.29, 1.82) is 0 Å². The number of hydrogen-bond acceptors (Lipinski definition) is 7. The summed E-state index contributed by atoms with van der Waals surface area (Å²) in [4.78, 5) is 22.2. The molecule has 0 bridgehead atoms. The Morgan fingerprint density at radius 2 is 1.63 bits per heavy atom. The van der Waals surface area contributed by atoms with Crippen molar-refractivity contribution in [3.63, 3.8) is 0 Å². The number of aliphatic imine (C=N–C) groups is 1. The van der Waals surface area contributed by atoms with Crippen LogP contribution in [0.3, 0.4) is 0 Å². The molecule has 1 amide bonds. The number of nitrogens with zero attached hydrogens (tertiary/aromatic N) is 4. The monoisotopic (exact) mass is 794 g/mol. The second-order valence-corrected chi connectivity index (χ2v) is 12.9. The summed E-state index contributed by atoms with van der Waals surface area (Å²) in [6.45, 7) is -0.546. The van der Waals surface area contributed by atoms with Crippen molar-refractivity contribution in [2.45, 2.75) is 49.9 Å². The Morgan fingerprint density at radius 3 is 2.24 bits per heavy atom. The van der Waals surface area contributed by atoms with Gasteiger partial charge >= 0.3 is 12.4 Å². The zero-order valence-electron chi connectivity index (χ0n) is 27.9. The molecule has 4 aromatic carbocycles. The van der Waals surface area contributed by atoms with Gasteiger partial charge in [0.25, 0.3) is 5.91 Å². The molecule has 0 aromatic heterocycles. The molecule has 0 fully saturated rings. The van der Waals surface area contributed by atoms with E-state index in [1.807, 2.05) is 0 Å². The highest BCUT2D eigenvalue weighted by Crippen LogP contribution is 2.45. The summed E-state index contributed by atoms with van der Waals surface area (Å²) >= 11 is 12.9. The predicted molar refractivity (Wildman–Crippen MR) is 188 cm³/mol. The third-order valence-electron chi connectivity index (χ3n) is 8.30. The molecule has 0 spiro atoms. The molecule has 0 saturated heterocycles. The average molecular weight is 796 g/mol. The molecule has 2 atom stereocenters. The maximum Gasteiger partial charge on any atom is 0.416 e. The third-order valence-corrected chi connectivity index (χ3v) is 8.86. The molecule has 1 aliphatic heterocycles. The molecule has 0 saturated carbocycles. The molecule has 4 aromatic rings. The lowest BCUT2D eigenvalue weighted by atomic mass is 9.81. The van der Waals surface area contributed by atoms with Crippen LogP contribution in [-0.4, -0.2) is 35.7 Å². The summed E-state index contributed by atoms with van der Waals surface area (Å²) in [5, 5.41) is 13.1. The zero-order valence-corrected chi connectivity index (χ0v) is 29.4. The van der Waals surface area contributed by atoms with Gasteiger partial charge in [0, 0.05) is 52.1 Å². The Bertz CT molecular complexity index is 2030. The van der Waals surface area contributed by atoms with Gasteiger partial charge in [-0.3, -0.25) is 10.2 Å². The number of nitrogens with one attached hydrogen (secondary N) is 2. The van der Waals surface area contributed by atoms with Crippen LogP contribution in [0.2, 0.25) is 10.0 Å². The van der Waals surface area contributed by atoms with Crippen molar-refractivity contribution in [2.75, 3.05) is 13.2 Å². The van der Waals surface area contributed by atoms with E-state index in [2.05, 4.69) is 20.9 Å². The molecule has 0 radical (unpaired) electrons. The maximum absolute atomic E-state index is 14.6. The van der Waals surface area contributed by atoms with Crippen molar-refractivity contribution in [2.24, 2.45) is 10.1 Å². The van der Waals surface area contributed by atoms with E-state index in [9.17, 15) is 31.1 Å². The lowest BCUT2D eigenvalue weighted by Gasteiger charge is -2.32. The van der Waals surface area contributed by atoms with E-state index >= 15 is 0 Å². The molecule has 284 valence electrons. The second-order valence-electron chi connectivity index (χ2n) is 12.0. The Morgan fingerprint density at radius 1 is 0.963 bits per heavy atom. The number of aliphatic hydroxyl groups excluding tert-OH is 1. The first-order valence-electron chi connectivity index (χ1n) is 16.1. The molecule has 1 heterocycles. The fraction of sp³-hybridized carbons (Fsp3) is 0.278. The van der Waals surface area contributed by atoms with E-state index in [-0.39, 0.29) is 53.8 Å². The molecule has 0 unspecified atom stereocenters. The highest BCUT2D eigenvalue weighted by Gasteiger charge is 2.54. The number of aliphatic hydroxyl groups is 1. The summed E-state index contributed by atoms with van der Waals surface area (Å²) < 4.78 is 93.3. The molecule has 18 heteroatoms. The first kappa shape index (κ1) is 40.2. The van der Waals surface area contributed by atoms with Crippen molar-refractivity contribution in [3.8, 4) is 5.75 Å². The molecular formula is C36H30Cl2F6N6O4. The minimum Gasteiger partial charge on any atom is -0.494 e. The highest BCUT2D eigenvalue weighted by molar-refractivity contribution is 6.35. The van der Waals surface area contributed by atoms with Gasteiger partial charge in [0.1, 0.15) is 5.75 Å². The van der Waals surface area contributed by atoms with E-state index in [1.165, 1.54) is 18.2 Å². The number of ether oxygens (including phenoxy) is 2. The molecular weight excluding hydrogens is 765 g/mol. The number of halogens is 8. The SMILES string of the molecule is [N-]=[N+]=NCc1ccccc1C[C@]1(C(=O)NNCc2cc(C(F)(F)F)cc(C(F)(F)F)c2)N=C(c2ccc(OCCCO)cc2)O[C@H]1c1ccc(Cl)cc1Cl. The predicted octanol–water partition coefficient (Wildman–Crippen LogP) is 8.92. The fourth-order valence-corrected chi connectivity index (χ4v) is 6.22. The fourth-order valence-electron chi connectivity index (χ4n) is 5.71. The Labute approximate surface area is 314 Å². The molecule has 0 aliphatic carbocycles. The lowest BCUT2D eigenvalue weighted by Crippen LogP contribution is -2.53. The molecule has 5 rings (SSSR count). The number of azide groups is 1. The van der Waals surface area contributed by atoms with Gasteiger partial charge in [0.2, 0.25) is 5.90 Å². The summed E-state index contributed by atoms with van der Waals surface area (Å²) in [5.74, 6) is -0.422. The average Bonchev–Trinajstić information content (AvgIpc) is 3.50. The normalized spacial score (nSPS) is 17.0. The Hall–Kier alpha value is -4.99. The minimum atomic E-state index is -5.08. The van der Waals surface area contributed by atoms with Crippen LogP contribution in [0.1, 0.15) is 51.5 Å². The van der Waals surface area contributed by atoms with Gasteiger partial charge in [-0.25, -0.2) is 10.4 Å². The summed E-state index contributed by atoms with van der Waals surface area (Å²) in [6, 6.07) is 18.8. The van der Waals surface area contributed by atoms with Crippen LogP contribution < -0.4 is 15.6 Å². The largest absolute Gasteiger partial charge is 0.494 e. The maximum atomic E-state index is 14.6. The van der Waals surface area contributed by atoms with Gasteiger partial charge < -0.3 is 14.6 Å². The van der Waals surface area contributed by atoms with Crippen LogP contribution in [0, 0.1) is 0 Å². The van der Waals surface area contributed by atoms with Crippen molar-refractivity contribution >= 4 is 35.0 Å². The van der Waals surface area contributed by atoms with Crippen LogP contribution >= 0.6 is 23.2 Å². The van der Waals surface area contributed by atoms with Gasteiger partial charge in [0.15, 0.2) is 11.6 Å². The number of hydrogen-bond donors (Lipinski definition) is 3. The quantitative estimate of drug-likeness (QED) is 0.0292. The number of amides is 1. The molecule has 54 heavy (non-hydrogen) atoms. The summed E-state index contributed by atoms with van der Waals surface area (Å²) in [7, 11) is 0. The van der Waals surface area contributed by atoms with Crippen molar-refractivity contribution in [1.82, 2.24) is 10.9 Å². The van der Waals surface area contributed by atoms with Crippen LogP contribution in [0.15, 0.2) is 95.0 Å². The molecule has 10 nitrogen and oxygen atoms in total. The number of rotatable bonds is 14. The third kappa shape index (κ3) is 9.56. The van der Waals surface area contributed by atoms with E-state index in [0.29, 0.717) is 41.0 Å². The van der Waals surface area contributed by atoms with E-state index in [0.717, 1.165) is 0 Å². The zero-order chi connectivity index (χ0) is 39.1. The van der Waals surface area contributed by atoms with E-state index in [1.54, 1.807) is 48.5 Å². The first-order valence-corrected chi connectivity index (χ1v) is 16.8. The molecule has 3 N–H and O–H groups in total. The van der Waals surface area contributed by atoms with Crippen molar-refractivity contribution in [3.05, 3.63) is 144 Å².